The molecule has 2 aromatic rings. The number of nitrogens with one attached hydrogen (secondary N) is 2. The first-order valence-electron chi connectivity index (χ1n) is 8.24. The number of hydrogen-bond donors (Lipinski definition) is 2. The predicted molar refractivity (Wildman–Crippen MR) is 117 cm³/mol. The van der Waals surface area contributed by atoms with Crippen molar-refractivity contribution in [3.63, 3.8) is 0 Å². The summed E-state index contributed by atoms with van der Waals surface area (Å²) in [6.45, 7) is 2.13. The second-order valence-corrected chi connectivity index (χ2v) is 6.93. The zero-order valence-corrected chi connectivity index (χ0v) is 17.8. The van der Waals surface area contributed by atoms with E-state index >= 15 is 0 Å². The molecule has 0 unspecified atom stereocenters. The van der Waals surface area contributed by atoms with Crippen molar-refractivity contribution in [2.75, 3.05) is 30.4 Å². The molecule has 1 saturated heterocycles. The summed E-state index contributed by atoms with van der Waals surface area (Å²) >= 11 is 3.43. The third kappa shape index (κ3) is 5.61. The lowest BCUT2D eigenvalue weighted by molar-refractivity contribution is 0.102. The van der Waals surface area contributed by atoms with E-state index in [0.29, 0.717) is 11.6 Å². The van der Waals surface area contributed by atoms with Crippen LogP contribution >= 0.6 is 40.7 Å². The Labute approximate surface area is 175 Å². The molecule has 26 heavy (non-hydrogen) atoms. The van der Waals surface area contributed by atoms with Crippen LogP contribution in [0.1, 0.15) is 23.2 Å². The van der Waals surface area contributed by atoms with Crippen molar-refractivity contribution in [2.45, 2.75) is 18.9 Å². The van der Waals surface area contributed by atoms with Crippen molar-refractivity contribution in [3.05, 3.63) is 58.6 Å². The van der Waals surface area contributed by atoms with E-state index in [2.05, 4.69) is 44.6 Å². The molecule has 3 rings (SSSR count). The molecule has 1 fully saturated rings. The van der Waals surface area contributed by atoms with Gasteiger partial charge in [-0.2, -0.15) is 0 Å². The first-order chi connectivity index (χ1) is 11.6. The molecular weight excluding hydrogens is 437 g/mol. The Hall–Kier alpha value is -1.27. The Morgan fingerprint density at radius 2 is 1.81 bits per heavy atom. The second-order valence-electron chi connectivity index (χ2n) is 6.08. The zero-order valence-electron chi connectivity index (χ0n) is 14.6. The number of rotatable bonds is 4. The van der Waals surface area contributed by atoms with Gasteiger partial charge in [0.05, 0.1) is 5.56 Å². The summed E-state index contributed by atoms with van der Waals surface area (Å²) in [5.41, 5.74) is 2.58. The fourth-order valence-corrected chi connectivity index (χ4v) is 3.52. The van der Waals surface area contributed by atoms with Crippen LogP contribution in [0.15, 0.2) is 53.0 Å². The number of carbonyl (C=O) groups excluding carboxylic acids is 1. The molecule has 0 bridgehead atoms. The largest absolute Gasteiger partial charge is 0.371 e. The van der Waals surface area contributed by atoms with Crippen LogP contribution in [-0.2, 0) is 0 Å². The van der Waals surface area contributed by atoms with Crippen LogP contribution in [0.2, 0.25) is 0 Å². The van der Waals surface area contributed by atoms with Crippen LogP contribution in [0.3, 0.4) is 0 Å². The van der Waals surface area contributed by atoms with E-state index in [9.17, 15) is 4.79 Å². The van der Waals surface area contributed by atoms with Crippen LogP contribution in [0.5, 0.6) is 0 Å². The van der Waals surface area contributed by atoms with E-state index < -0.39 is 0 Å². The first-order valence-corrected chi connectivity index (χ1v) is 9.04. The van der Waals surface area contributed by atoms with Crippen molar-refractivity contribution in [2.24, 2.45) is 0 Å². The molecule has 1 heterocycles. The minimum atomic E-state index is -0.107. The predicted octanol–water partition coefficient (Wildman–Crippen LogP) is 4.73. The van der Waals surface area contributed by atoms with Crippen molar-refractivity contribution >= 4 is 58.0 Å². The minimum absolute atomic E-state index is 0. The van der Waals surface area contributed by atoms with Gasteiger partial charge in [-0.25, -0.2) is 0 Å². The van der Waals surface area contributed by atoms with Crippen LogP contribution < -0.4 is 15.5 Å². The van der Waals surface area contributed by atoms with Gasteiger partial charge in [-0.05, 0) is 72.2 Å². The third-order valence-electron chi connectivity index (χ3n) is 4.49. The molecule has 7 heteroatoms. The Morgan fingerprint density at radius 1 is 1.12 bits per heavy atom. The van der Waals surface area contributed by atoms with E-state index in [0.717, 1.165) is 41.8 Å². The number of carbonyl (C=O) groups is 1. The maximum absolute atomic E-state index is 12.5. The number of hydrogen-bond acceptors (Lipinski definition) is 3. The van der Waals surface area contributed by atoms with Gasteiger partial charge in [0.25, 0.3) is 5.91 Å². The highest BCUT2D eigenvalue weighted by molar-refractivity contribution is 9.10. The molecule has 4 nitrogen and oxygen atoms in total. The van der Waals surface area contributed by atoms with Gasteiger partial charge in [-0.3, -0.25) is 4.79 Å². The van der Waals surface area contributed by atoms with E-state index in [1.54, 1.807) is 0 Å². The van der Waals surface area contributed by atoms with Crippen molar-refractivity contribution < 1.29 is 4.79 Å². The Balaban J connectivity index is 0.00000169. The van der Waals surface area contributed by atoms with E-state index in [4.69, 9.17) is 0 Å². The normalized spacial score (nSPS) is 13.9. The van der Waals surface area contributed by atoms with Crippen molar-refractivity contribution in [3.8, 4) is 0 Å². The summed E-state index contributed by atoms with van der Waals surface area (Å²) < 4.78 is 0.797. The Bertz CT molecular complexity index is 723. The number of halogens is 3. The fourth-order valence-electron chi connectivity index (χ4n) is 3.05. The van der Waals surface area contributed by atoms with Gasteiger partial charge in [0.2, 0.25) is 0 Å². The average Bonchev–Trinajstić information content (AvgIpc) is 2.62. The van der Waals surface area contributed by atoms with Crippen LogP contribution in [-0.4, -0.2) is 32.1 Å². The summed E-state index contributed by atoms with van der Waals surface area (Å²) in [5, 5.41) is 6.38. The molecule has 2 N–H and O–H groups in total. The fraction of sp³-hybridized carbons (Fsp3) is 0.316. The van der Waals surface area contributed by atoms with Crippen LogP contribution in [0, 0.1) is 0 Å². The zero-order chi connectivity index (χ0) is 16.9. The highest BCUT2D eigenvalue weighted by Crippen LogP contribution is 2.24. The molecule has 0 spiro atoms. The number of piperidine rings is 1. The number of benzene rings is 2. The summed E-state index contributed by atoms with van der Waals surface area (Å²) in [4.78, 5) is 14.8. The average molecular weight is 461 g/mol. The smallest absolute Gasteiger partial charge is 0.256 e. The van der Waals surface area contributed by atoms with Gasteiger partial charge in [0.1, 0.15) is 0 Å². The Morgan fingerprint density at radius 3 is 2.50 bits per heavy atom. The highest BCUT2D eigenvalue weighted by atomic mass is 79.9. The second kappa shape index (κ2) is 10.8. The summed E-state index contributed by atoms with van der Waals surface area (Å²) in [5.74, 6) is -0.107. The number of anilines is 2. The Kier molecular flexibility index (Phi) is 9.44. The van der Waals surface area contributed by atoms with E-state index in [1.165, 1.54) is 0 Å². The molecule has 0 saturated carbocycles. The molecule has 0 atom stereocenters. The topological polar surface area (TPSA) is 44.4 Å². The molecule has 1 amide bonds. The van der Waals surface area contributed by atoms with Gasteiger partial charge in [0, 0.05) is 28.9 Å². The van der Waals surface area contributed by atoms with Gasteiger partial charge in [0.15, 0.2) is 0 Å². The summed E-state index contributed by atoms with van der Waals surface area (Å²) in [6.07, 6.45) is 2.29. The lowest BCUT2D eigenvalue weighted by atomic mass is 10.0. The highest BCUT2D eigenvalue weighted by Gasteiger charge is 2.18. The summed E-state index contributed by atoms with van der Waals surface area (Å²) in [6, 6.07) is 16.0. The van der Waals surface area contributed by atoms with Gasteiger partial charge >= 0.3 is 0 Å². The van der Waals surface area contributed by atoms with E-state index in [1.807, 2.05) is 42.5 Å². The van der Waals surface area contributed by atoms with E-state index in [-0.39, 0.29) is 30.7 Å². The maximum atomic E-state index is 12.5. The van der Waals surface area contributed by atoms with Gasteiger partial charge in [-0.1, -0.05) is 18.2 Å². The monoisotopic (exact) mass is 459 g/mol. The van der Waals surface area contributed by atoms with Crippen LogP contribution in [0.4, 0.5) is 11.4 Å². The molecule has 0 radical (unpaired) electrons. The molecule has 1 aliphatic rings. The lowest BCUT2D eigenvalue weighted by Crippen LogP contribution is -2.41. The van der Waals surface area contributed by atoms with Crippen molar-refractivity contribution in [1.29, 1.82) is 0 Å². The summed E-state index contributed by atoms with van der Waals surface area (Å²) in [7, 11) is 2.13. The number of nitrogens with zero attached hydrogens (tertiary/aromatic N) is 1. The third-order valence-corrected chi connectivity index (χ3v) is 5.18. The molecule has 2 aromatic carbocycles. The standard InChI is InChI=1S/C19H22BrN3O.2ClH/c1-23(15-9-11-21-12-10-15)16-6-4-5-14(13-16)22-19(24)17-7-2-3-8-18(17)20;;/h2-8,13,15,21H,9-12H2,1H3,(H,22,24);2*1H. The molecule has 142 valence electrons. The van der Waals surface area contributed by atoms with Crippen molar-refractivity contribution in [1.82, 2.24) is 5.32 Å². The molecule has 0 aromatic heterocycles. The van der Waals surface area contributed by atoms with Gasteiger partial charge in [-0.15, -0.1) is 24.8 Å². The number of amides is 1. The lowest BCUT2D eigenvalue weighted by Gasteiger charge is -2.33. The SMILES string of the molecule is CN(c1cccc(NC(=O)c2ccccc2Br)c1)C1CCNCC1.Cl.Cl. The maximum Gasteiger partial charge on any atom is 0.256 e. The van der Waals surface area contributed by atoms with Crippen LogP contribution in [0.25, 0.3) is 0 Å². The molecule has 0 aliphatic carbocycles. The quantitative estimate of drug-likeness (QED) is 0.692. The van der Waals surface area contributed by atoms with Gasteiger partial charge < -0.3 is 15.5 Å². The first kappa shape index (κ1) is 22.8. The molecule has 1 aliphatic heterocycles. The minimum Gasteiger partial charge on any atom is -0.371 e. The molecular formula is C19H24BrCl2N3O.